The van der Waals surface area contributed by atoms with E-state index in [4.69, 9.17) is 5.73 Å². The van der Waals surface area contributed by atoms with Gasteiger partial charge in [-0.05, 0) is 25.2 Å². The zero-order chi connectivity index (χ0) is 8.27. The van der Waals surface area contributed by atoms with Crippen molar-refractivity contribution in [2.75, 3.05) is 7.11 Å². The highest BCUT2D eigenvalue weighted by molar-refractivity contribution is 5.69. The summed E-state index contributed by atoms with van der Waals surface area (Å²) < 4.78 is 4.51. The molecule has 1 aliphatic rings. The van der Waals surface area contributed by atoms with Crippen molar-refractivity contribution >= 4 is 5.97 Å². The Balaban J connectivity index is 2.05. The van der Waals surface area contributed by atoms with E-state index >= 15 is 0 Å². The average molecular weight is 157 g/mol. The molecule has 11 heavy (non-hydrogen) atoms. The minimum Gasteiger partial charge on any atom is -0.469 e. The van der Waals surface area contributed by atoms with Crippen molar-refractivity contribution in [3.05, 3.63) is 0 Å². The van der Waals surface area contributed by atoms with Crippen LogP contribution in [0.2, 0.25) is 0 Å². The molecular weight excluding hydrogens is 142 g/mol. The molecule has 2 N–H and O–H groups in total. The van der Waals surface area contributed by atoms with Crippen molar-refractivity contribution in [1.29, 1.82) is 0 Å². The zero-order valence-electron chi connectivity index (χ0n) is 6.88. The van der Waals surface area contributed by atoms with Gasteiger partial charge in [-0.25, -0.2) is 0 Å². The Morgan fingerprint density at radius 2 is 2.36 bits per heavy atom. The van der Waals surface area contributed by atoms with Crippen LogP contribution in [-0.4, -0.2) is 19.1 Å². The molecule has 0 amide bonds. The lowest BCUT2D eigenvalue weighted by Gasteiger charge is -2.07. The molecule has 0 aromatic heterocycles. The Labute approximate surface area is 66.9 Å². The van der Waals surface area contributed by atoms with E-state index in [0.717, 1.165) is 6.42 Å². The average Bonchev–Trinajstić information content (AvgIpc) is 2.81. The van der Waals surface area contributed by atoms with Crippen molar-refractivity contribution in [3.8, 4) is 0 Å². The molecule has 64 valence electrons. The van der Waals surface area contributed by atoms with Gasteiger partial charge < -0.3 is 10.5 Å². The number of hydrogen-bond donors (Lipinski definition) is 1. The van der Waals surface area contributed by atoms with Crippen LogP contribution < -0.4 is 5.73 Å². The molecule has 0 spiro atoms. The molecule has 0 bridgehead atoms. The Hall–Kier alpha value is -0.570. The molecule has 0 heterocycles. The number of carbonyl (C=O) groups excluding carboxylic acids is 1. The van der Waals surface area contributed by atoms with Gasteiger partial charge in [0, 0.05) is 12.5 Å². The molecule has 1 atom stereocenters. The molecule has 1 saturated carbocycles. The van der Waals surface area contributed by atoms with Crippen LogP contribution in [0.5, 0.6) is 0 Å². The standard InChI is InChI=1S/C8H15NO2/c1-11-8(10)5-4-7(9)6-2-3-6/h6-7H,2-5,9H2,1H3/t7-/m1/s1. The van der Waals surface area contributed by atoms with E-state index < -0.39 is 0 Å². The van der Waals surface area contributed by atoms with Crippen molar-refractivity contribution in [3.63, 3.8) is 0 Å². The van der Waals surface area contributed by atoms with Crippen LogP contribution in [0.4, 0.5) is 0 Å². The molecule has 0 aromatic carbocycles. The quantitative estimate of drug-likeness (QED) is 0.610. The lowest BCUT2D eigenvalue weighted by Crippen LogP contribution is -2.23. The van der Waals surface area contributed by atoms with Gasteiger partial charge in [0.1, 0.15) is 0 Å². The highest BCUT2D eigenvalue weighted by Crippen LogP contribution is 2.33. The molecule has 1 fully saturated rings. The number of esters is 1. The molecule has 1 rings (SSSR count). The molecule has 3 nitrogen and oxygen atoms in total. The third-order valence-corrected chi connectivity index (χ3v) is 2.14. The van der Waals surface area contributed by atoms with Crippen molar-refractivity contribution < 1.29 is 9.53 Å². The fraction of sp³-hybridized carbons (Fsp3) is 0.875. The van der Waals surface area contributed by atoms with Crippen LogP contribution in [0.1, 0.15) is 25.7 Å². The number of carbonyl (C=O) groups is 1. The Kier molecular flexibility index (Phi) is 2.88. The zero-order valence-corrected chi connectivity index (χ0v) is 6.88. The second-order valence-corrected chi connectivity index (χ2v) is 3.12. The number of hydrogen-bond acceptors (Lipinski definition) is 3. The van der Waals surface area contributed by atoms with Crippen molar-refractivity contribution in [2.24, 2.45) is 11.7 Å². The van der Waals surface area contributed by atoms with Gasteiger partial charge in [-0.3, -0.25) is 4.79 Å². The van der Waals surface area contributed by atoms with Gasteiger partial charge in [-0.15, -0.1) is 0 Å². The van der Waals surface area contributed by atoms with E-state index in [1.165, 1.54) is 20.0 Å². The van der Waals surface area contributed by atoms with Crippen LogP contribution in [-0.2, 0) is 9.53 Å². The van der Waals surface area contributed by atoms with Gasteiger partial charge in [0.25, 0.3) is 0 Å². The summed E-state index contributed by atoms with van der Waals surface area (Å²) in [6.45, 7) is 0. The van der Waals surface area contributed by atoms with Crippen LogP contribution in [0, 0.1) is 5.92 Å². The highest BCUT2D eigenvalue weighted by atomic mass is 16.5. The Morgan fingerprint density at radius 1 is 1.73 bits per heavy atom. The molecule has 0 aromatic rings. The fourth-order valence-electron chi connectivity index (χ4n) is 1.15. The van der Waals surface area contributed by atoms with E-state index in [1.807, 2.05) is 0 Å². The van der Waals surface area contributed by atoms with Gasteiger partial charge in [0.15, 0.2) is 0 Å². The lowest BCUT2D eigenvalue weighted by atomic mass is 10.1. The summed E-state index contributed by atoms with van der Waals surface area (Å²) in [5.41, 5.74) is 5.77. The van der Waals surface area contributed by atoms with Gasteiger partial charge in [-0.2, -0.15) is 0 Å². The molecule has 0 radical (unpaired) electrons. The largest absolute Gasteiger partial charge is 0.469 e. The normalized spacial score (nSPS) is 19.5. The predicted molar refractivity (Wildman–Crippen MR) is 41.9 cm³/mol. The number of ether oxygens (including phenoxy) is 1. The summed E-state index contributed by atoms with van der Waals surface area (Å²) in [6.07, 6.45) is 3.72. The second kappa shape index (κ2) is 3.72. The highest BCUT2D eigenvalue weighted by Gasteiger charge is 2.28. The smallest absolute Gasteiger partial charge is 0.305 e. The maximum Gasteiger partial charge on any atom is 0.305 e. The van der Waals surface area contributed by atoms with Crippen LogP contribution in [0.15, 0.2) is 0 Å². The lowest BCUT2D eigenvalue weighted by molar-refractivity contribution is -0.140. The van der Waals surface area contributed by atoms with Crippen LogP contribution >= 0.6 is 0 Å². The van der Waals surface area contributed by atoms with Crippen molar-refractivity contribution in [2.45, 2.75) is 31.7 Å². The van der Waals surface area contributed by atoms with Crippen LogP contribution in [0.3, 0.4) is 0 Å². The number of methoxy groups -OCH3 is 1. The van der Waals surface area contributed by atoms with Crippen LogP contribution in [0.25, 0.3) is 0 Å². The van der Waals surface area contributed by atoms with Gasteiger partial charge in [0.05, 0.1) is 7.11 Å². The SMILES string of the molecule is COC(=O)CC[C@@H](N)C1CC1. The summed E-state index contributed by atoms with van der Waals surface area (Å²) >= 11 is 0. The maximum atomic E-state index is 10.7. The van der Waals surface area contributed by atoms with E-state index in [2.05, 4.69) is 4.74 Å². The first-order chi connectivity index (χ1) is 5.24. The monoisotopic (exact) mass is 157 g/mol. The van der Waals surface area contributed by atoms with Gasteiger partial charge in [-0.1, -0.05) is 0 Å². The van der Waals surface area contributed by atoms with Gasteiger partial charge in [0.2, 0.25) is 0 Å². The molecular formula is C8H15NO2. The third kappa shape index (κ3) is 2.89. The van der Waals surface area contributed by atoms with E-state index in [-0.39, 0.29) is 12.0 Å². The van der Waals surface area contributed by atoms with Crippen molar-refractivity contribution in [1.82, 2.24) is 0 Å². The first kappa shape index (κ1) is 8.53. The predicted octanol–water partition coefficient (Wildman–Crippen LogP) is 0.677. The molecule has 0 unspecified atom stereocenters. The molecule has 1 aliphatic carbocycles. The minimum atomic E-state index is -0.152. The fourth-order valence-corrected chi connectivity index (χ4v) is 1.15. The topological polar surface area (TPSA) is 52.3 Å². The summed E-state index contributed by atoms with van der Waals surface area (Å²) in [7, 11) is 1.41. The van der Waals surface area contributed by atoms with E-state index in [9.17, 15) is 4.79 Å². The summed E-state index contributed by atoms with van der Waals surface area (Å²) in [6, 6.07) is 0.217. The Bertz CT molecular complexity index is 143. The first-order valence-electron chi connectivity index (χ1n) is 4.06. The second-order valence-electron chi connectivity index (χ2n) is 3.12. The summed E-state index contributed by atoms with van der Waals surface area (Å²) in [5, 5.41) is 0. The molecule has 0 saturated heterocycles. The Morgan fingerprint density at radius 3 is 2.82 bits per heavy atom. The number of nitrogens with two attached hydrogens (primary N) is 1. The number of rotatable bonds is 4. The maximum absolute atomic E-state index is 10.7. The summed E-state index contributed by atoms with van der Waals surface area (Å²) in [4.78, 5) is 10.7. The minimum absolute atomic E-state index is 0.152. The first-order valence-corrected chi connectivity index (χ1v) is 4.06. The molecule has 3 heteroatoms. The van der Waals surface area contributed by atoms with E-state index in [0.29, 0.717) is 12.3 Å². The summed E-state index contributed by atoms with van der Waals surface area (Å²) in [5.74, 6) is 0.528. The van der Waals surface area contributed by atoms with E-state index in [1.54, 1.807) is 0 Å². The molecule has 0 aliphatic heterocycles. The third-order valence-electron chi connectivity index (χ3n) is 2.14. The van der Waals surface area contributed by atoms with Gasteiger partial charge >= 0.3 is 5.97 Å².